The van der Waals surface area contributed by atoms with Crippen LogP contribution in [-0.2, 0) is 16.8 Å². The van der Waals surface area contributed by atoms with E-state index < -0.39 is 0 Å². The van der Waals surface area contributed by atoms with Crippen molar-refractivity contribution in [2.75, 3.05) is 14.1 Å². The standard InChI is InChI=1S/C13H23N3OS/c1-9(12(17)16(5)6)14-7-11-15-10(8-18-11)13(2,3)4/h8-9,14H,7H2,1-6H3. The number of carbonyl (C=O) groups is 1. The van der Waals surface area contributed by atoms with Crippen molar-refractivity contribution < 1.29 is 4.79 Å². The lowest BCUT2D eigenvalue weighted by Crippen LogP contribution is -2.41. The first-order valence-corrected chi connectivity index (χ1v) is 6.99. The van der Waals surface area contributed by atoms with Gasteiger partial charge in [-0.25, -0.2) is 4.98 Å². The Bertz CT molecular complexity index is 407. The summed E-state index contributed by atoms with van der Waals surface area (Å²) in [5.74, 6) is 0.0857. The fourth-order valence-corrected chi connectivity index (χ4v) is 2.42. The lowest BCUT2D eigenvalue weighted by atomic mass is 9.93. The molecule has 1 rings (SSSR count). The van der Waals surface area contributed by atoms with Gasteiger partial charge in [-0.2, -0.15) is 0 Å². The molecule has 0 saturated heterocycles. The molecule has 0 aliphatic heterocycles. The molecule has 0 spiro atoms. The van der Waals surface area contributed by atoms with E-state index >= 15 is 0 Å². The van der Waals surface area contributed by atoms with Crippen molar-refractivity contribution in [1.82, 2.24) is 15.2 Å². The molecule has 0 bridgehead atoms. The summed E-state index contributed by atoms with van der Waals surface area (Å²) in [7, 11) is 3.53. The molecule has 102 valence electrons. The number of aromatic nitrogens is 1. The normalized spacial score (nSPS) is 13.4. The van der Waals surface area contributed by atoms with Crippen molar-refractivity contribution in [1.29, 1.82) is 0 Å². The number of likely N-dealkylation sites (N-methyl/N-ethyl adjacent to an activating group) is 1. The van der Waals surface area contributed by atoms with Crippen LogP contribution in [0.3, 0.4) is 0 Å². The van der Waals surface area contributed by atoms with Gasteiger partial charge < -0.3 is 4.90 Å². The second kappa shape index (κ2) is 5.80. The third kappa shape index (κ3) is 4.07. The van der Waals surface area contributed by atoms with Crippen LogP contribution in [0.1, 0.15) is 38.4 Å². The summed E-state index contributed by atoms with van der Waals surface area (Å²) in [6.45, 7) is 8.97. The molecule has 1 aromatic rings. The van der Waals surface area contributed by atoms with E-state index in [1.165, 1.54) is 0 Å². The molecule has 0 aliphatic carbocycles. The minimum Gasteiger partial charge on any atom is -0.347 e. The van der Waals surface area contributed by atoms with Crippen LogP contribution in [0.25, 0.3) is 0 Å². The van der Waals surface area contributed by atoms with Gasteiger partial charge in [0.1, 0.15) is 5.01 Å². The largest absolute Gasteiger partial charge is 0.347 e. The molecule has 0 fully saturated rings. The zero-order valence-corrected chi connectivity index (χ0v) is 12.9. The van der Waals surface area contributed by atoms with Crippen LogP contribution < -0.4 is 5.32 Å². The molecular weight excluding hydrogens is 246 g/mol. The topological polar surface area (TPSA) is 45.2 Å². The third-order valence-corrected chi connectivity index (χ3v) is 3.54. The van der Waals surface area contributed by atoms with Crippen LogP contribution in [0.5, 0.6) is 0 Å². The molecule has 1 amide bonds. The zero-order valence-electron chi connectivity index (χ0n) is 12.1. The molecule has 0 saturated carbocycles. The van der Waals surface area contributed by atoms with E-state index in [0.29, 0.717) is 6.54 Å². The highest BCUT2D eigenvalue weighted by Gasteiger charge is 2.18. The van der Waals surface area contributed by atoms with Crippen molar-refractivity contribution in [3.05, 3.63) is 16.1 Å². The molecule has 1 unspecified atom stereocenters. The highest BCUT2D eigenvalue weighted by atomic mass is 32.1. The molecule has 0 aliphatic rings. The molecule has 0 radical (unpaired) electrons. The van der Waals surface area contributed by atoms with Gasteiger partial charge in [-0.05, 0) is 6.92 Å². The minimum absolute atomic E-state index is 0.0832. The second-order valence-corrected chi connectivity index (χ2v) is 6.65. The van der Waals surface area contributed by atoms with E-state index in [1.807, 2.05) is 6.92 Å². The number of rotatable bonds is 4. The number of hydrogen-bond acceptors (Lipinski definition) is 4. The Kier molecular flexibility index (Phi) is 4.87. The summed E-state index contributed by atoms with van der Waals surface area (Å²) in [5.41, 5.74) is 1.19. The maximum absolute atomic E-state index is 11.7. The number of amides is 1. The molecule has 4 nitrogen and oxygen atoms in total. The SMILES string of the molecule is CC(NCc1nc(C(C)(C)C)cs1)C(=O)N(C)C. The lowest BCUT2D eigenvalue weighted by Gasteiger charge is -2.17. The van der Waals surface area contributed by atoms with Gasteiger partial charge in [0, 0.05) is 31.4 Å². The van der Waals surface area contributed by atoms with Gasteiger partial charge in [-0.3, -0.25) is 10.1 Å². The number of carbonyl (C=O) groups excluding carboxylic acids is 1. The van der Waals surface area contributed by atoms with E-state index in [1.54, 1.807) is 30.3 Å². The summed E-state index contributed by atoms with van der Waals surface area (Å²) in [5, 5.41) is 6.32. The average molecular weight is 269 g/mol. The van der Waals surface area contributed by atoms with Gasteiger partial charge in [0.05, 0.1) is 11.7 Å². The van der Waals surface area contributed by atoms with Gasteiger partial charge in [-0.1, -0.05) is 20.8 Å². The fourth-order valence-electron chi connectivity index (χ4n) is 1.45. The maximum atomic E-state index is 11.7. The van der Waals surface area contributed by atoms with Crippen LogP contribution >= 0.6 is 11.3 Å². The first kappa shape index (κ1) is 15.1. The van der Waals surface area contributed by atoms with E-state index in [2.05, 4.69) is 36.5 Å². The Morgan fingerprint density at radius 1 is 1.50 bits per heavy atom. The van der Waals surface area contributed by atoms with Crippen molar-refractivity contribution in [2.24, 2.45) is 0 Å². The smallest absolute Gasteiger partial charge is 0.238 e. The molecule has 1 N–H and O–H groups in total. The molecule has 1 heterocycles. The summed E-state index contributed by atoms with van der Waals surface area (Å²) < 4.78 is 0. The van der Waals surface area contributed by atoms with Crippen molar-refractivity contribution >= 4 is 17.2 Å². The predicted octanol–water partition coefficient (Wildman–Crippen LogP) is 2.01. The van der Waals surface area contributed by atoms with Gasteiger partial charge in [0.15, 0.2) is 0 Å². The molecule has 18 heavy (non-hydrogen) atoms. The third-order valence-electron chi connectivity index (χ3n) is 2.69. The van der Waals surface area contributed by atoms with Gasteiger partial charge in [-0.15, -0.1) is 11.3 Å². The Morgan fingerprint density at radius 2 is 2.11 bits per heavy atom. The van der Waals surface area contributed by atoms with Crippen molar-refractivity contribution in [3.8, 4) is 0 Å². The molecule has 5 heteroatoms. The molecule has 1 aromatic heterocycles. The summed E-state index contributed by atoms with van der Waals surface area (Å²) in [4.78, 5) is 17.9. The Hall–Kier alpha value is -0.940. The number of nitrogens with zero attached hydrogens (tertiary/aromatic N) is 2. The van der Waals surface area contributed by atoms with Gasteiger partial charge in [0.2, 0.25) is 5.91 Å². The predicted molar refractivity (Wildman–Crippen MR) is 75.8 cm³/mol. The molecular formula is C13H23N3OS. The van der Waals surface area contributed by atoms with E-state index in [-0.39, 0.29) is 17.4 Å². The molecule has 0 aromatic carbocycles. The van der Waals surface area contributed by atoms with E-state index in [9.17, 15) is 4.79 Å². The number of nitrogens with one attached hydrogen (secondary N) is 1. The maximum Gasteiger partial charge on any atom is 0.238 e. The van der Waals surface area contributed by atoms with Crippen LogP contribution in [-0.4, -0.2) is 35.9 Å². The summed E-state index contributed by atoms with van der Waals surface area (Å²) in [6, 6.07) is -0.179. The molecule has 1 atom stereocenters. The Labute approximate surface area is 113 Å². The van der Waals surface area contributed by atoms with Crippen molar-refractivity contribution in [2.45, 2.75) is 45.7 Å². The monoisotopic (exact) mass is 269 g/mol. The van der Waals surface area contributed by atoms with Crippen LogP contribution in [0.15, 0.2) is 5.38 Å². The first-order valence-electron chi connectivity index (χ1n) is 6.11. The number of thiazole rings is 1. The lowest BCUT2D eigenvalue weighted by molar-refractivity contribution is -0.130. The average Bonchev–Trinajstić information content (AvgIpc) is 2.72. The van der Waals surface area contributed by atoms with Gasteiger partial charge >= 0.3 is 0 Å². The van der Waals surface area contributed by atoms with Crippen LogP contribution in [0, 0.1) is 0 Å². The van der Waals surface area contributed by atoms with Crippen LogP contribution in [0.4, 0.5) is 0 Å². The van der Waals surface area contributed by atoms with Gasteiger partial charge in [0.25, 0.3) is 0 Å². The van der Waals surface area contributed by atoms with E-state index in [4.69, 9.17) is 0 Å². The highest BCUT2D eigenvalue weighted by Crippen LogP contribution is 2.23. The van der Waals surface area contributed by atoms with E-state index in [0.717, 1.165) is 10.7 Å². The fraction of sp³-hybridized carbons (Fsp3) is 0.692. The highest BCUT2D eigenvalue weighted by molar-refractivity contribution is 7.09. The van der Waals surface area contributed by atoms with Crippen LogP contribution in [0.2, 0.25) is 0 Å². The Balaban J connectivity index is 2.54. The first-order chi connectivity index (χ1) is 8.21. The van der Waals surface area contributed by atoms with Crippen molar-refractivity contribution in [3.63, 3.8) is 0 Å². The summed E-state index contributed by atoms with van der Waals surface area (Å²) in [6.07, 6.45) is 0. The summed E-state index contributed by atoms with van der Waals surface area (Å²) >= 11 is 1.64. The Morgan fingerprint density at radius 3 is 2.56 bits per heavy atom. The minimum atomic E-state index is -0.179. The second-order valence-electron chi connectivity index (χ2n) is 5.71. The zero-order chi connectivity index (χ0) is 13.9. The quantitative estimate of drug-likeness (QED) is 0.909. The number of hydrogen-bond donors (Lipinski definition) is 1.